The van der Waals surface area contributed by atoms with E-state index in [9.17, 15) is 5.11 Å². The highest BCUT2D eigenvalue weighted by Crippen LogP contribution is 2.33. The molecule has 1 fully saturated rings. The maximum absolute atomic E-state index is 10.2. The first-order valence-electron chi connectivity index (χ1n) is 8.47. The van der Waals surface area contributed by atoms with Crippen molar-refractivity contribution in [3.8, 4) is 0 Å². The molecule has 1 aliphatic heterocycles. The van der Waals surface area contributed by atoms with Crippen molar-refractivity contribution in [2.45, 2.75) is 58.3 Å². The first-order valence-corrected chi connectivity index (χ1v) is 8.85. The number of hydrogen-bond donors (Lipinski definition) is 2. The lowest BCUT2D eigenvalue weighted by Gasteiger charge is -2.28. The van der Waals surface area contributed by atoms with Gasteiger partial charge in [-0.2, -0.15) is 4.98 Å². The van der Waals surface area contributed by atoms with Gasteiger partial charge >= 0.3 is 0 Å². The molecule has 3 rings (SSSR count). The van der Waals surface area contributed by atoms with Gasteiger partial charge in [-0.3, -0.25) is 5.32 Å². The second-order valence-corrected chi connectivity index (χ2v) is 7.63. The molecule has 138 valence electrons. The summed E-state index contributed by atoms with van der Waals surface area (Å²) < 4.78 is 13.3. The van der Waals surface area contributed by atoms with E-state index in [2.05, 4.69) is 19.9 Å². The summed E-state index contributed by atoms with van der Waals surface area (Å²) in [6.07, 6.45) is 0.750. The molecule has 3 unspecified atom stereocenters. The summed E-state index contributed by atoms with van der Waals surface area (Å²) in [7, 11) is 0. The Morgan fingerprint density at radius 2 is 2.24 bits per heavy atom. The minimum absolute atomic E-state index is 0.0982. The molecule has 3 atom stereocenters. The standard InChI is InChI=1S/C17H25ClN4O3/c1-10(25-17(2,3)4)15(23)19-5-6-22-12(13-9-24-13)7-11-8-20-16(18)21-14(11)22/h7-8,10,13,15,19,23H,5-6,9H2,1-4H3. The zero-order chi connectivity index (χ0) is 18.2. The quantitative estimate of drug-likeness (QED) is 0.443. The minimum Gasteiger partial charge on any atom is -0.376 e. The maximum Gasteiger partial charge on any atom is 0.224 e. The molecule has 0 aromatic carbocycles. The Balaban J connectivity index is 1.66. The van der Waals surface area contributed by atoms with Gasteiger partial charge in [0.2, 0.25) is 5.28 Å². The Kier molecular flexibility index (Phi) is 5.31. The van der Waals surface area contributed by atoms with E-state index in [-0.39, 0.29) is 23.1 Å². The number of aliphatic hydroxyl groups is 1. The Labute approximate surface area is 152 Å². The number of halogens is 1. The van der Waals surface area contributed by atoms with Crippen molar-refractivity contribution in [3.63, 3.8) is 0 Å². The van der Waals surface area contributed by atoms with E-state index < -0.39 is 6.23 Å². The van der Waals surface area contributed by atoms with E-state index in [1.807, 2.05) is 33.8 Å². The van der Waals surface area contributed by atoms with Crippen LogP contribution in [0.25, 0.3) is 11.0 Å². The van der Waals surface area contributed by atoms with E-state index in [1.165, 1.54) is 0 Å². The topological polar surface area (TPSA) is 84.7 Å². The summed E-state index contributed by atoms with van der Waals surface area (Å²) in [5.74, 6) is 0. The maximum atomic E-state index is 10.2. The van der Waals surface area contributed by atoms with Crippen molar-refractivity contribution in [1.29, 1.82) is 0 Å². The summed E-state index contributed by atoms with van der Waals surface area (Å²) in [5, 5.41) is 14.5. The highest BCUT2D eigenvalue weighted by molar-refractivity contribution is 6.28. The predicted octanol–water partition coefficient (Wildman–Crippen LogP) is 2.27. The van der Waals surface area contributed by atoms with Crippen LogP contribution in [0.5, 0.6) is 0 Å². The van der Waals surface area contributed by atoms with Crippen LogP contribution in [0, 0.1) is 0 Å². The van der Waals surface area contributed by atoms with Gasteiger partial charge in [-0.1, -0.05) is 0 Å². The average molecular weight is 369 g/mol. The van der Waals surface area contributed by atoms with Gasteiger partial charge in [0.1, 0.15) is 18.0 Å². The molecule has 0 radical (unpaired) electrons. The van der Waals surface area contributed by atoms with Gasteiger partial charge in [0, 0.05) is 24.7 Å². The summed E-state index contributed by atoms with van der Waals surface area (Å²) in [5.41, 5.74) is 1.53. The second-order valence-electron chi connectivity index (χ2n) is 7.30. The molecule has 0 saturated carbocycles. The minimum atomic E-state index is -0.750. The fraction of sp³-hybridized carbons (Fsp3) is 0.647. The van der Waals surface area contributed by atoms with E-state index in [0.29, 0.717) is 19.7 Å². The van der Waals surface area contributed by atoms with E-state index >= 15 is 0 Å². The second kappa shape index (κ2) is 7.17. The molecule has 1 saturated heterocycles. The molecule has 2 N–H and O–H groups in total. The van der Waals surface area contributed by atoms with Gasteiger partial charge in [0.15, 0.2) is 0 Å². The Morgan fingerprint density at radius 3 is 2.88 bits per heavy atom. The molecule has 1 aliphatic rings. The van der Waals surface area contributed by atoms with Crippen molar-refractivity contribution in [2.75, 3.05) is 13.2 Å². The van der Waals surface area contributed by atoms with Crippen LogP contribution in [0.3, 0.4) is 0 Å². The van der Waals surface area contributed by atoms with Crippen molar-refractivity contribution < 1.29 is 14.6 Å². The largest absolute Gasteiger partial charge is 0.376 e. The number of nitrogens with zero attached hydrogens (tertiary/aromatic N) is 3. The molecular weight excluding hydrogens is 344 g/mol. The van der Waals surface area contributed by atoms with E-state index in [0.717, 1.165) is 16.7 Å². The van der Waals surface area contributed by atoms with Crippen LogP contribution in [0.1, 0.15) is 39.5 Å². The summed E-state index contributed by atoms with van der Waals surface area (Å²) >= 11 is 5.94. The van der Waals surface area contributed by atoms with Crippen LogP contribution in [0.2, 0.25) is 5.28 Å². The monoisotopic (exact) mass is 368 g/mol. The van der Waals surface area contributed by atoms with Gasteiger partial charge < -0.3 is 19.1 Å². The number of rotatable bonds is 7. The number of aliphatic hydroxyl groups excluding tert-OH is 1. The van der Waals surface area contributed by atoms with Crippen LogP contribution in [0.4, 0.5) is 0 Å². The van der Waals surface area contributed by atoms with Crippen molar-refractivity contribution in [1.82, 2.24) is 19.9 Å². The summed E-state index contributed by atoms with van der Waals surface area (Å²) in [6, 6.07) is 2.03. The molecule has 25 heavy (non-hydrogen) atoms. The molecule has 3 heterocycles. The lowest BCUT2D eigenvalue weighted by molar-refractivity contribution is -0.110. The van der Waals surface area contributed by atoms with Gasteiger partial charge in [0.25, 0.3) is 0 Å². The molecule has 7 nitrogen and oxygen atoms in total. The fourth-order valence-electron chi connectivity index (χ4n) is 2.87. The molecule has 0 spiro atoms. The number of hydrogen-bond acceptors (Lipinski definition) is 6. The lowest BCUT2D eigenvalue weighted by atomic mass is 10.2. The highest BCUT2D eigenvalue weighted by Gasteiger charge is 2.30. The first kappa shape index (κ1) is 18.5. The summed E-state index contributed by atoms with van der Waals surface area (Å²) in [4.78, 5) is 8.37. The van der Waals surface area contributed by atoms with Gasteiger partial charge in [0.05, 0.1) is 24.0 Å². The van der Waals surface area contributed by atoms with Gasteiger partial charge in [-0.15, -0.1) is 0 Å². The number of fused-ring (bicyclic) bond motifs is 1. The number of epoxide rings is 1. The Bertz CT molecular complexity index is 739. The van der Waals surface area contributed by atoms with Crippen LogP contribution in [0.15, 0.2) is 12.3 Å². The Morgan fingerprint density at radius 1 is 1.52 bits per heavy atom. The van der Waals surface area contributed by atoms with Crippen LogP contribution >= 0.6 is 11.6 Å². The average Bonchev–Trinajstić information content (AvgIpc) is 3.29. The van der Waals surface area contributed by atoms with Crippen molar-refractivity contribution in [3.05, 3.63) is 23.2 Å². The van der Waals surface area contributed by atoms with Gasteiger partial charge in [-0.25, -0.2) is 4.98 Å². The van der Waals surface area contributed by atoms with Crippen LogP contribution < -0.4 is 5.32 Å². The van der Waals surface area contributed by atoms with E-state index in [4.69, 9.17) is 21.1 Å². The molecule has 2 aromatic heterocycles. The Hall–Kier alpha value is -1.25. The third-order valence-electron chi connectivity index (χ3n) is 3.97. The molecule has 0 amide bonds. The summed E-state index contributed by atoms with van der Waals surface area (Å²) in [6.45, 7) is 9.65. The molecule has 0 aliphatic carbocycles. The van der Waals surface area contributed by atoms with Gasteiger partial charge in [-0.05, 0) is 45.4 Å². The number of ether oxygens (including phenoxy) is 2. The van der Waals surface area contributed by atoms with Crippen molar-refractivity contribution in [2.24, 2.45) is 0 Å². The SMILES string of the molecule is CC(OC(C)(C)C)C(O)NCCn1c(C2CO2)cc2cnc(Cl)nc21. The fourth-order valence-corrected chi connectivity index (χ4v) is 3.00. The van der Waals surface area contributed by atoms with Crippen molar-refractivity contribution >= 4 is 22.6 Å². The zero-order valence-electron chi connectivity index (χ0n) is 15.0. The number of nitrogens with one attached hydrogen (secondary N) is 1. The normalized spacial score (nSPS) is 20.0. The predicted molar refractivity (Wildman–Crippen MR) is 95.5 cm³/mol. The first-order chi connectivity index (χ1) is 11.7. The smallest absolute Gasteiger partial charge is 0.224 e. The number of aromatic nitrogens is 3. The lowest BCUT2D eigenvalue weighted by Crippen LogP contribution is -2.44. The third kappa shape index (κ3) is 4.68. The molecular formula is C17H25ClN4O3. The molecule has 0 bridgehead atoms. The van der Waals surface area contributed by atoms with E-state index in [1.54, 1.807) is 6.20 Å². The highest BCUT2D eigenvalue weighted by atomic mass is 35.5. The molecule has 8 heteroatoms. The van der Waals surface area contributed by atoms with Crippen LogP contribution in [-0.2, 0) is 16.0 Å². The molecule has 2 aromatic rings. The zero-order valence-corrected chi connectivity index (χ0v) is 15.7. The van der Waals surface area contributed by atoms with Crippen LogP contribution in [-0.4, -0.2) is 50.7 Å². The third-order valence-corrected chi connectivity index (χ3v) is 4.16.